The summed E-state index contributed by atoms with van der Waals surface area (Å²) in [6.07, 6.45) is 1.21. The van der Waals surface area contributed by atoms with Gasteiger partial charge in [0.25, 0.3) is 0 Å². The van der Waals surface area contributed by atoms with E-state index in [2.05, 4.69) is 10.3 Å². The number of nitro benzene ring substituents is 1. The Morgan fingerprint density at radius 1 is 1.48 bits per heavy atom. The lowest BCUT2D eigenvalue weighted by atomic mass is 9.90. The molecule has 7 nitrogen and oxygen atoms in total. The average Bonchev–Trinajstić information content (AvgIpc) is 2.96. The Labute approximate surface area is 124 Å². The minimum Gasteiger partial charge on any atom is -0.394 e. The van der Waals surface area contributed by atoms with E-state index in [-0.39, 0.29) is 12.3 Å². The predicted octanol–water partition coefficient (Wildman–Crippen LogP) is 2.16. The van der Waals surface area contributed by atoms with Gasteiger partial charge in [0.1, 0.15) is 5.69 Å². The van der Waals surface area contributed by atoms with Crippen LogP contribution in [-0.4, -0.2) is 40.4 Å². The van der Waals surface area contributed by atoms with Crippen LogP contribution in [0.15, 0.2) is 17.6 Å². The first kappa shape index (κ1) is 14.2. The highest BCUT2D eigenvalue weighted by molar-refractivity contribution is 7.16. The number of nitro groups is 1. The smallest absolute Gasteiger partial charge is 0.319 e. The van der Waals surface area contributed by atoms with Gasteiger partial charge in [-0.05, 0) is 25.0 Å². The van der Waals surface area contributed by atoms with Gasteiger partial charge in [-0.15, -0.1) is 11.3 Å². The highest BCUT2D eigenvalue weighted by atomic mass is 32.1. The van der Waals surface area contributed by atoms with Gasteiger partial charge in [-0.1, -0.05) is 0 Å². The second kappa shape index (κ2) is 5.55. The number of benzene rings is 1. The van der Waals surface area contributed by atoms with Crippen LogP contribution in [0.1, 0.15) is 12.8 Å². The zero-order chi connectivity index (χ0) is 14.9. The molecule has 21 heavy (non-hydrogen) atoms. The predicted molar refractivity (Wildman–Crippen MR) is 79.8 cm³/mol. The number of hydrogen-bond donors (Lipinski definition) is 2. The summed E-state index contributed by atoms with van der Waals surface area (Å²) in [7, 11) is 0. The lowest BCUT2D eigenvalue weighted by molar-refractivity contribution is -0.382. The number of hydrogen-bond acceptors (Lipinski definition) is 7. The van der Waals surface area contributed by atoms with Crippen molar-refractivity contribution in [2.45, 2.75) is 18.4 Å². The van der Waals surface area contributed by atoms with Crippen LogP contribution in [0.25, 0.3) is 10.2 Å². The third-order valence-electron chi connectivity index (χ3n) is 3.81. The third-order valence-corrected chi connectivity index (χ3v) is 4.60. The Kier molecular flexibility index (Phi) is 3.75. The van der Waals surface area contributed by atoms with E-state index in [4.69, 9.17) is 4.74 Å². The lowest BCUT2D eigenvalue weighted by Crippen LogP contribution is -2.47. The van der Waals surface area contributed by atoms with Crippen LogP contribution < -0.4 is 5.32 Å². The van der Waals surface area contributed by atoms with Crippen LogP contribution in [0.3, 0.4) is 0 Å². The molecule has 0 aliphatic carbocycles. The molecule has 0 atom stereocenters. The zero-order valence-electron chi connectivity index (χ0n) is 11.2. The number of aliphatic hydroxyl groups is 1. The van der Waals surface area contributed by atoms with Crippen LogP contribution in [0.4, 0.5) is 11.4 Å². The molecule has 1 aliphatic rings. The molecule has 0 saturated carbocycles. The van der Waals surface area contributed by atoms with E-state index in [1.54, 1.807) is 11.6 Å². The second-order valence-electron chi connectivity index (χ2n) is 5.09. The van der Waals surface area contributed by atoms with E-state index in [1.165, 1.54) is 11.3 Å². The molecule has 8 heteroatoms. The first-order valence-electron chi connectivity index (χ1n) is 6.63. The summed E-state index contributed by atoms with van der Waals surface area (Å²) in [6, 6.07) is 3.50. The van der Waals surface area contributed by atoms with Gasteiger partial charge < -0.3 is 15.2 Å². The monoisotopic (exact) mass is 309 g/mol. The van der Waals surface area contributed by atoms with Crippen molar-refractivity contribution in [2.75, 3.05) is 25.1 Å². The molecule has 0 bridgehead atoms. The molecule has 1 aromatic carbocycles. The second-order valence-corrected chi connectivity index (χ2v) is 5.98. The quantitative estimate of drug-likeness (QED) is 0.663. The van der Waals surface area contributed by atoms with Crippen LogP contribution in [0.2, 0.25) is 0 Å². The summed E-state index contributed by atoms with van der Waals surface area (Å²) < 4.78 is 6.08. The van der Waals surface area contributed by atoms with E-state index in [0.29, 0.717) is 37.3 Å². The SMILES string of the molecule is O=[N+]([O-])c1c(NC2(CO)CCOCC2)ccc2scnc12. The molecule has 1 aromatic heterocycles. The van der Waals surface area contributed by atoms with Gasteiger partial charge in [-0.3, -0.25) is 10.1 Å². The van der Waals surface area contributed by atoms with Crippen LogP contribution in [-0.2, 0) is 4.74 Å². The number of thiazole rings is 1. The molecule has 1 fully saturated rings. The van der Waals surface area contributed by atoms with Crippen LogP contribution in [0, 0.1) is 10.1 Å². The largest absolute Gasteiger partial charge is 0.394 e. The fourth-order valence-electron chi connectivity index (χ4n) is 2.57. The summed E-state index contributed by atoms with van der Waals surface area (Å²) >= 11 is 1.37. The van der Waals surface area contributed by atoms with Crippen LogP contribution in [0.5, 0.6) is 0 Å². The molecule has 0 spiro atoms. The maximum atomic E-state index is 11.4. The van der Waals surface area contributed by atoms with Gasteiger partial charge in [-0.25, -0.2) is 4.98 Å². The van der Waals surface area contributed by atoms with Crippen molar-refractivity contribution in [1.82, 2.24) is 4.98 Å². The Balaban J connectivity index is 2.03. The van der Waals surface area contributed by atoms with Crippen LogP contribution >= 0.6 is 11.3 Å². The normalized spacial score (nSPS) is 17.8. The van der Waals surface area contributed by atoms with E-state index in [0.717, 1.165) is 4.70 Å². The number of aliphatic hydroxyl groups excluding tert-OH is 1. The molecule has 0 amide bonds. The summed E-state index contributed by atoms with van der Waals surface area (Å²) in [5.74, 6) is 0. The van der Waals surface area contributed by atoms with Gasteiger partial charge >= 0.3 is 5.69 Å². The molecule has 2 aromatic rings. The number of aromatic nitrogens is 1. The van der Waals surface area contributed by atoms with Gasteiger partial charge in [0.05, 0.1) is 27.3 Å². The van der Waals surface area contributed by atoms with Crippen molar-refractivity contribution in [1.29, 1.82) is 0 Å². The summed E-state index contributed by atoms with van der Waals surface area (Å²) in [6.45, 7) is 0.962. The van der Waals surface area contributed by atoms with Crippen molar-refractivity contribution in [2.24, 2.45) is 0 Å². The fourth-order valence-corrected chi connectivity index (χ4v) is 3.25. The summed E-state index contributed by atoms with van der Waals surface area (Å²) in [5, 5.41) is 24.3. The number of fused-ring (bicyclic) bond motifs is 1. The van der Waals surface area contributed by atoms with Gasteiger partial charge in [0, 0.05) is 13.2 Å². The molecular formula is C13H15N3O4S. The minimum absolute atomic E-state index is 0.0342. The summed E-state index contributed by atoms with van der Waals surface area (Å²) in [5.41, 5.74) is 1.77. The lowest BCUT2D eigenvalue weighted by Gasteiger charge is -2.37. The summed E-state index contributed by atoms with van der Waals surface area (Å²) in [4.78, 5) is 15.1. The number of rotatable bonds is 4. The maximum absolute atomic E-state index is 11.4. The van der Waals surface area contributed by atoms with E-state index < -0.39 is 10.5 Å². The van der Waals surface area contributed by atoms with Crippen molar-refractivity contribution in [3.8, 4) is 0 Å². The average molecular weight is 309 g/mol. The number of nitrogens with one attached hydrogen (secondary N) is 1. The highest BCUT2D eigenvalue weighted by Gasteiger charge is 2.34. The molecular weight excluding hydrogens is 294 g/mol. The van der Waals surface area contributed by atoms with E-state index in [9.17, 15) is 15.2 Å². The van der Waals surface area contributed by atoms with Gasteiger partial charge in [0.15, 0.2) is 5.52 Å². The Hall–Kier alpha value is -1.77. The van der Waals surface area contributed by atoms with Crippen molar-refractivity contribution in [3.63, 3.8) is 0 Å². The molecule has 112 valence electrons. The van der Waals surface area contributed by atoms with E-state index in [1.807, 2.05) is 6.07 Å². The number of anilines is 1. The van der Waals surface area contributed by atoms with Gasteiger partial charge in [-0.2, -0.15) is 0 Å². The molecule has 3 rings (SSSR count). The Morgan fingerprint density at radius 2 is 2.24 bits per heavy atom. The van der Waals surface area contributed by atoms with E-state index >= 15 is 0 Å². The molecule has 0 radical (unpaired) electrons. The molecule has 2 N–H and O–H groups in total. The molecule has 2 heterocycles. The van der Waals surface area contributed by atoms with Crippen molar-refractivity contribution >= 4 is 32.9 Å². The van der Waals surface area contributed by atoms with Crippen molar-refractivity contribution < 1.29 is 14.8 Å². The zero-order valence-corrected chi connectivity index (χ0v) is 12.1. The highest BCUT2D eigenvalue weighted by Crippen LogP contribution is 2.37. The molecule has 1 saturated heterocycles. The van der Waals surface area contributed by atoms with Crippen molar-refractivity contribution in [3.05, 3.63) is 27.8 Å². The number of ether oxygens (including phenoxy) is 1. The maximum Gasteiger partial charge on any atom is 0.319 e. The standard InChI is InChI=1S/C13H15N3O4S/c17-7-13(3-5-20-6-4-13)15-9-1-2-10-11(14-8-21-10)12(9)16(18)19/h1-2,8,15,17H,3-7H2. The minimum atomic E-state index is -0.577. The third kappa shape index (κ3) is 2.57. The Bertz CT molecular complexity index is 666. The Morgan fingerprint density at radius 3 is 2.90 bits per heavy atom. The number of nitrogens with zero attached hydrogens (tertiary/aromatic N) is 2. The molecule has 0 unspecified atom stereocenters. The molecule has 1 aliphatic heterocycles. The topological polar surface area (TPSA) is 97.5 Å². The first-order valence-corrected chi connectivity index (χ1v) is 7.50. The van der Waals surface area contributed by atoms with Gasteiger partial charge in [0.2, 0.25) is 0 Å². The fraction of sp³-hybridized carbons (Fsp3) is 0.462. The first-order chi connectivity index (χ1) is 10.2.